The second-order valence-electron chi connectivity index (χ2n) is 8.27. The predicted octanol–water partition coefficient (Wildman–Crippen LogP) is 5.63. The number of ether oxygens (including phenoxy) is 4. The van der Waals surface area contributed by atoms with Gasteiger partial charge in [0.2, 0.25) is 5.78 Å². The largest absolute Gasteiger partial charge is 0.493 e. The predicted molar refractivity (Wildman–Crippen MR) is 130 cm³/mol. The number of allylic oxidation sites excluding steroid dienone is 1. The van der Waals surface area contributed by atoms with Gasteiger partial charge in [0.05, 0.1) is 19.8 Å². The van der Waals surface area contributed by atoms with Gasteiger partial charge in [-0.25, -0.2) is 0 Å². The fraction of sp³-hybridized carbons (Fsp3) is 0.222. The summed E-state index contributed by atoms with van der Waals surface area (Å²) in [6, 6.07) is 15.1. The van der Waals surface area contributed by atoms with Crippen molar-refractivity contribution in [2.24, 2.45) is 0 Å². The van der Waals surface area contributed by atoms with Gasteiger partial charge < -0.3 is 18.9 Å². The molecule has 7 heteroatoms. The highest BCUT2D eigenvalue weighted by molar-refractivity contribution is 6.31. The quantitative estimate of drug-likeness (QED) is 0.444. The van der Waals surface area contributed by atoms with Crippen molar-refractivity contribution >= 4 is 23.5 Å². The molecule has 34 heavy (non-hydrogen) atoms. The van der Waals surface area contributed by atoms with Crippen molar-refractivity contribution in [3.05, 3.63) is 87.1 Å². The van der Waals surface area contributed by atoms with E-state index >= 15 is 0 Å². The van der Waals surface area contributed by atoms with Crippen LogP contribution in [0, 0.1) is 6.92 Å². The molecule has 0 N–H and O–H groups in total. The van der Waals surface area contributed by atoms with Crippen molar-refractivity contribution in [3.63, 3.8) is 0 Å². The molecule has 0 unspecified atom stereocenters. The lowest BCUT2D eigenvalue weighted by Crippen LogP contribution is -2.32. The van der Waals surface area contributed by atoms with Gasteiger partial charge in [0, 0.05) is 29.2 Å². The molecule has 3 aromatic carbocycles. The second-order valence-corrected chi connectivity index (χ2v) is 8.68. The van der Waals surface area contributed by atoms with Crippen molar-refractivity contribution in [3.8, 4) is 23.0 Å². The molecule has 2 heterocycles. The number of fused-ring (bicyclic) bond motifs is 2. The first kappa shape index (κ1) is 22.3. The van der Waals surface area contributed by atoms with Gasteiger partial charge in [-0.15, -0.1) is 0 Å². The molecule has 5 rings (SSSR count). The number of carbonyl (C=O) groups excluding carboxylic acids is 1. The van der Waals surface area contributed by atoms with Crippen LogP contribution in [0.25, 0.3) is 6.08 Å². The molecule has 2 aliphatic rings. The van der Waals surface area contributed by atoms with Crippen LogP contribution in [0.3, 0.4) is 0 Å². The molecule has 0 saturated carbocycles. The molecule has 0 fully saturated rings. The molecule has 0 bridgehead atoms. The summed E-state index contributed by atoms with van der Waals surface area (Å²) in [6.45, 7) is 3.66. The minimum Gasteiger partial charge on any atom is -0.493 e. The Bertz CT molecular complexity index is 1320. The molecule has 0 saturated heterocycles. The first-order chi connectivity index (χ1) is 16.5. The summed E-state index contributed by atoms with van der Waals surface area (Å²) in [5, 5.41) is 0.729. The molecule has 0 spiro atoms. The van der Waals surface area contributed by atoms with Gasteiger partial charge in [-0.1, -0.05) is 35.9 Å². The number of nitrogens with zero attached hydrogens (tertiary/aromatic N) is 1. The second kappa shape index (κ2) is 9.05. The highest BCUT2D eigenvalue weighted by Crippen LogP contribution is 2.43. The zero-order chi connectivity index (χ0) is 23.8. The van der Waals surface area contributed by atoms with E-state index in [1.54, 1.807) is 32.4 Å². The zero-order valence-electron chi connectivity index (χ0n) is 19.2. The van der Waals surface area contributed by atoms with Crippen LogP contribution in [0.15, 0.2) is 54.3 Å². The van der Waals surface area contributed by atoms with E-state index in [0.29, 0.717) is 42.6 Å². The molecular weight excluding hydrogens is 454 g/mol. The number of rotatable bonds is 5. The van der Waals surface area contributed by atoms with E-state index in [0.717, 1.165) is 33.0 Å². The van der Waals surface area contributed by atoms with Gasteiger partial charge in [-0.2, -0.15) is 0 Å². The normalized spacial score (nSPS) is 16.0. The van der Waals surface area contributed by atoms with Gasteiger partial charge in [0.1, 0.15) is 18.2 Å². The van der Waals surface area contributed by atoms with E-state index in [4.69, 9.17) is 30.5 Å². The maximum Gasteiger partial charge on any atom is 0.231 e. The summed E-state index contributed by atoms with van der Waals surface area (Å²) in [6.07, 6.45) is 1.72. The molecule has 2 aliphatic heterocycles. The summed E-state index contributed by atoms with van der Waals surface area (Å²) in [7, 11) is 3.16. The average molecular weight is 478 g/mol. The van der Waals surface area contributed by atoms with Gasteiger partial charge in [0.15, 0.2) is 17.3 Å². The minimum atomic E-state index is -0.154. The Morgan fingerprint density at radius 2 is 1.85 bits per heavy atom. The Kier molecular flexibility index (Phi) is 5.94. The van der Waals surface area contributed by atoms with E-state index in [9.17, 15) is 4.79 Å². The lowest BCUT2D eigenvalue weighted by Gasteiger charge is -2.30. The summed E-state index contributed by atoms with van der Waals surface area (Å²) in [4.78, 5) is 15.4. The number of halogens is 1. The summed E-state index contributed by atoms with van der Waals surface area (Å²) in [5.41, 5.74) is 4.14. The highest BCUT2D eigenvalue weighted by Gasteiger charge is 2.33. The zero-order valence-corrected chi connectivity index (χ0v) is 19.9. The Balaban J connectivity index is 1.42. The summed E-state index contributed by atoms with van der Waals surface area (Å²) < 4.78 is 22.8. The van der Waals surface area contributed by atoms with Crippen LogP contribution in [0.1, 0.15) is 32.6 Å². The van der Waals surface area contributed by atoms with E-state index in [1.807, 2.05) is 43.3 Å². The van der Waals surface area contributed by atoms with Crippen molar-refractivity contribution in [1.29, 1.82) is 0 Å². The molecule has 3 aromatic rings. The number of carbonyl (C=O) groups is 1. The van der Waals surface area contributed by atoms with E-state index in [-0.39, 0.29) is 11.5 Å². The van der Waals surface area contributed by atoms with Crippen LogP contribution >= 0.6 is 11.6 Å². The fourth-order valence-electron chi connectivity index (χ4n) is 4.36. The van der Waals surface area contributed by atoms with Crippen molar-refractivity contribution in [1.82, 2.24) is 4.90 Å². The maximum atomic E-state index is 13.2. The third-order valence-corrected chi connectivity index (χ3v) is 6.43. The lowest BCUT2D eigenvalue weighted by molar-refractivity contribution is 0.0877. The van der Waals surface area contributed by atoms with Crippen LogP contribution in [0.4, 0.5) is 0 Å². The number of methoxy groups -OCH3 is 2. The van der Waals surface area contributed by atoms with Gasteiger partial charge in [-0.3, -0.25) is 9.69 Å². The molecular formula is C27H24ClNO5. The SMILES string of the molecule is COc1ccc(/C=C2\Oc3c(cc4c(c3C)OCN(Cc3ccccc3Cl)C4)C2=O)cc1OC. The number of Topliss-reactive ketones (excluding diaryl/α,β-unsaturated/α-hetero) is 1. The molecule has 0 radical (unpaired) electrons. The van der Waals surface area contributed by atoms with Crippen molar-refractivity contribution in [2.75, 3.05) is 21.0 Å². The third kappa shape index (κ3) is 4.00. The number of hydrogen-bond donors (Lipinski definition) is 0. The maximum absolute atomic E-state index is 13.2. The number of hydrogen-bond acceptors (Lipinski definition) is 6. The Morgan fingerprint density at radius 1 is 1.06 bits per heavy atom. The van der Waals surface area contributed by atoms with Gasteiger partial charge >= 0.3 is 0 Å². The average Bonchev–Trinajstić information content (AvgIpc) is 3.16. The van der Waals surface area contributed by atoms with Crippen molar-refractivity contribution in [2.45, 2.75) is 20.0 Å². The van der Waals surface area contributed by atoms with E-state index in [1.165, 1.54) is 0 Å². The smallest absolute Gasteiger partial charge is 0.231 e. The first-order valence-electron chi connectivity index (χ1n) is 10.9. The Morgan fingerprint density at radius 3 is 2.62 bits per heavy atom. The Hall–Kier alpha value is -3.48. The van der Waals surface area contributed by atoms with Crippen LogP contribution in [0.2, 0.25) is 5.02 Å². The van der Waals surface area contributed by atoms with Gasteiger partial charge in [0.25, 0.3) is 0 Å². The highest BCUT2D eigenvalue weighted by atomic mass is 35.5. The third-order valence-electron chi connectivity index (χ3n) is 6.06. The van der Waals surface area contributed by atoms with Crippen LogP contribution in [-0.2, 0) is 13.1 Å². The van der Waals surface area contributed by atoms with E-state index < -0.39 is 0 Å². The van der Waals surface area contributed by atoms with Crippen LogP contribution in [0.5, 0.6) is 23.0 Å². The number of benzene rings is 3. The molecule has 0 atom stereocenters. The van der Waals surface area contributed by atoms with Crippen molar-refractivity contribution < 1.29 is 23.7 Å². The Labute approximate surface area is 203 Å². The first-order valence-corrected chi connectivity index (χ1v) is 11.3. The van der Waals surface area contributed by atoms with Crippen LogP contribution in [-0.4, -0.2) is 31.6 Å². The summed E-state index contributed by atoms with van der Waals surface area (Å²) in [5.74, 6) is 2.64. The van der Waals surface area contributed by atoms with Crippen LogP contribution < -0.4 is 18.9 Å². The number of ketones is 1. The fourth-order valence-corrected chi connectivity index (χ4v) is 4.55. The molecule has 174 valence electrons. The topological polar surface area (TPSA) is 57.2 Å². The molecule has 0 aliphatic carbocycles. The molecule has 0 amide bonds. The monoisotopic (exact) mass is 477 g/mol. The van der Waals surface area contributed by atoms with E-state index in [2.05, 4.69) is 4.90 Å². The lowest BCUT2D eigenvalue weighted by atomic mass is 9.99. The standard InChI is InChI=1S/C27H24ClNO5/c1-16-26-19(14-29(15-33-26)13-18-6-4-5-7-21(18)28)12-20-25(30)24(34-27(16)20)11-17-8-9-22(31-2)23(10-17)32-3/h4-12H,13-15H2,1-3H3/b24-11-. The molecule has 6 nitrogen and oxygen atoms in total. The molecule has 0 aromatic heterocycles. The van der Waals surface area contributed by atoms with Gasteiger partial charge in [-0.05, 0) is 48.4 Å². The minimum absolute atomic E-state index is 0.154. The summed E-state index contributed by atoms with van der Waals surface area (Å²) >= 11 is 6.33.